The highest BCUT2D eigenvalue weighted by Gasteiger charge is 2.07. The van der Waals surface area contributed by atoms with Gasteiger partial charge in [-0.25, -0.2) is 4.98 Å². The maximum Gasteiger partial charge on any atom is 0.135 e. The minimum absolute atomic E-state index is 1.01. The van der Waals surface area contributed by atoms with Crippen molar-refractivity contribution in [2.45, 2.75) is 6.92 Å². The van der Waals surface area contributed by atoms with Crippen LogP contribution in [0.1, 0.15) is 5.56 Å². The first-order valence-corrected chi connectivity index (χ1v) is 5.61. The summed E-state index contributed by atoms with van der Waals surface area (Å²) in [7, 11) is 4.02. The lowest BCUT2D eigenvalue weighted by Gasteiger charge is -2.15. The number of aryl methyl sites for hydroxylation is 1. The van der Waals surface area contributed by atoms with Gasteiger partial charge in [0.15, 0.2) is 0 Å². The quantitative estimate of drug-likeness (QED) is 0.785. The van der Waals surface area contributed by atoms with Crippen molar-refractivity contribution >= 4 is 32.5 Å². The van der Waals surface area contributed by atoms with Crippen molar-refractivity contribution in [1.29, 1.82) is 0 Å². The highest BCUT2D eigenvalue weighted by atomic mass is 79.9. The molecule has 3 heteroatoms. The molecular formula is C12H13BrN2. The second kappa shape index (κ2) is 3.81. The molecule has 0 spiro atoms. The Hall–Kier alpha value is -1.09. The van der Waals surface area contributed by atoms with Crippen LogP contribution in [0.15, 0.2) is 28.9 Å². The zero-order valence-electron chi connectivity index (χ0n) is 9.08. The third-order valence-electron chi connectivity index (χ3n) is 2.40. The fourth-order valence-electron chi connectivity index (χ4n) is 1.66. The van der Waals surface area contributed by atoms with Crippen LogP contribution < -0.4 is 4.90 Å². The number of pyridine rings is 1. The second-order valence-electron chi connectivity index (χ2n) is 3.87. The molecule has 1 aromatic heterocycles. The lowest BCUT2D eigenvalue weighted by Crippen LogP contribution is -2.11. The summed E-state index contributed by atoms with van der Waals surface area (Å²) < 4.78 is 1.04. The number of fused-ring (bicyclic) bond motifs is 1. The van der Waals surface area contributed by atoms with E-state index in [2.05, 4.69) is 46.0 Å². The standard InChI is InChI=1S/C12H13BrN2/c1-8-4-5-9-10(6-8)12(15(2)3)14-7-11(9)13/h4-7H,1-3H3. The van der Waals surface area contributed by atoms with Crippen LogP contribution in [0.5, 0.6) is 0 Å². The molecule has 0 saturated heterocycles. The molecule has 1 heterocycles. The Morgan fingerprint density at radius 2 is 1.93 bits per heavy atom. The second-order valence-corrected chi connectivity index (χ2v) is 4.73. The van der Waals surface area contributed by atoms with E-state index in [-0.39, 0.29) is 0 Å². The molecule has 15 heavy (non-hydrogen) atoms. The number of hydrogen-bond acceptors (Lipinski definition) is 2. The topological polar surface area (TPSA) is 16.1 Å². The summed E-state index contributed by atoms with van der Waals surface area (Å²) in [5.41, 5.74) is 1.26. The molecular weight excluding hydrogens is 252 g/mol. The summed E-state index contributed by atoms with van der Waals surface area (Å²) in [6.07, 6.45) is 1.85. The first-order valence-electron chi connectivity index (χ1n) is 4.82. The molecule has 2 rings (SSSR count). The average Bonchev–Trinajstić information content (AvgIpc) is 2.17. The summed E-state index contributed by atoms with van der Waals surface area (Å²) >= 11 is 3.52. The molecule has 0 N–H and O–H groups in total. The van der Waals surface area contributed by atoms with Gasteiger partial charge in [-0.15, -0.1) is 0 Å². The molecule has 0 unspecified atom stereocenters. The van der Waals surface area contributed by atoms with Crippen molar-refractivity contribution in [3.05, 3.63) is 34.4 Å². The van der Waals surface area contributed by atoms with Crippen LogP contribution in [0.25, 0.3) is 10.8 Å². The van der Waals surface area contributed by atoms with E-state index < -0.39 is 0 Å². The first kappa shape index (κ1) is 10.4. The number of benzene rings is 1. The van der Waals surface area contributed by atoms with Gasteiger partial charge in [0.25, 0.3) is 0 Å². The number of halogens is 1. The van der Waals surface area contributed by atoms with E-state index in [1.54, 1.807) is 0 Å². The zero-order chi connectivity index (χ0) is 11.0. The van der Waals surface area contributed by atoms with Gasteiger partial charge in [-0.2, -0.15) is 0 Å². The molecule has 0 fully saturated rings. The van der Waals surface area contributed by atoms with Gasteiger partial charge in [-0.05, 0) is 28.9 Å². The van der Waals surface area contributed by atoms with Gasteiger partial charge in [0.05, 0.1) is 0 Å². The van der Waals surface area contributed by atoms with Crippen LogP contribution in [-0.4, -0.2) is 19.1 Å². The Bertz CT molecular complexity index is 506. The third-order valence-corrected chi connectivity index (χ3v) is 3.03. The van der Waals surface area contributed by atoms with E-state index >= 15 is 0 Å². The van der Waals surface area contributed by atoms with Crippen molar-refractivity contribution in [2.75, 3.05) is 19.0 Å². The number of hydrogen-bond donors (Lipinski definition) is 0. The molecule has 78 valence electrons. The summed E-state index contributed by atoms with van der Waals surface area (Å²) in [5.74, 6) is 1.01. The van der Waals surface area contributed by atoms with Crippen LogP contribution in [0.2, 0.25) is 0 Å². The van der Waals surface area contributed by atoms with Gasteiger partial charge < -0.3 is 4.90 Å². The van der Waals surface area contributed by atoms with E-state index in [4.69, 9.17) is 0 Å². The molecule has 0 atom stereocenters. The lowest BCUT2D eigenvalue weighted by atomic mass is 10.1. The maximum atomic E-state index is 4.43. The normalized spacial score (nSPS) is 10.7. The van der Waals surface area contributed by atoms with Gasteiger partial charge in [-0.1, -0.05) is 17.7 Å². The largest absolute Gasteiger partial charge is 0.362 e. The lowest BCUT2D eigenvalue weighted by molar-refractivity contribution is 1.08. The number of anilines is 1. The first-order chi connectivity index (χ1) is 7.09. The molecule has 0 aliphatic heterocycles. The number of rotatable bonds is 1. The Labute approximate surface area is 98.1 Å². The number of nitrogens with zero attached hydrogens (tertiary/aromatic N) is 2. The fourth-order valence-corrected chi connectivity index (χ4v) is 2.11. The Kier molecular flexibility index (Phi) is 2.65. The van der Waals surface area contributed by atoms with Crippen LogP contribution in [0, 0.1) is 6.92 Å². The highest BCUT2D eigenvalue weighted by Crippen LogP contribution is 2.29. The SMILES string of the molecule is Cc1ccc2c(Br)cnc(N(C)C)c2c1. The summed E-state index contributed by atoms with van der Waals surface area (Å²) in [6, 6.07) is 6.42. The van der Waals surface area contributed by atoms with E-state index in [9.17, 15) is 0 Å². The van der Waals surface area contributed by atoms with Gasteiger partial charge in [0.1, 0.15) is 5.82 Å². The van der Waals surface area contributed by atoms with Gasteiger partial charge in [0, 0.05) is 35.5 Å². The van der Waals surface area contributed by atoms with Crippen LogP contribution in [-0.2, 0) is 0 Å². The van der Waals surface area contributed by atoms with E-state index in [0.29, 0.717) is 0 Å². The minimum Gasteiger partial charge on any atom is -0.362 e. The summed E-state index contributed by atoms with van der Waals surface area (Å²) in [6.45, 7) is 2.10. The monoisotopic (exact) mass is 264 g/mol. The van der Waals surface area contributed by atoms with Crippen LogP contribution >= 0.6 is 15.9 Å². The molecule has 0 amide bonds. The Morgan fingerprint density at radius 1 is 1.20 bits per heavy atom. The van der Waals surface area contributed by atoms with E-state index in [0.717, 1.165) is 10.3 Å². The molecule has 0 saturated carbocycles. The van der Waals surface area contributed by atoms with E-state index in [1.807, 2.05) is 25.2 Å². The van der Waals surface area contributed by atoms with Crippen molar-refractivity contribution < 1.29 is 0 Å². The third kappa shape index (κ3) is 1.84. The molecule has 2 aromatic rings. The predicted octanol–water partition coefficient (Wildman–Crippen LogP) is 3.37. The molecule has 0 aliphatic rings. The van der Waals surface area contributed by atoms with Crippen molar-refractivity contribution in [1.82, 2.24) is 4.98 Å². The Morgan fingerprint density at radius 3 is 2.60 bits per heavy atom. The summed E-state index contributed by atoms with van der Waals surface area (Å²) in [4.78, 5) is 6.46. The zero-order valence-corrected chi connectivity index (χ0v) is 10.7. The van der Waals surface area contributed by atoms with Crippen LogP contribution in [0.4, 0.5) is 5.82 Å². The molecule has 0 radical (unpaired) electrons. The highest BCUT2D eigenvalue weighted by molar-refractivity contribution is 9.10. The van der Waals surface area contributed by atoms with Gasteiger partial charge in [0.2, 0.25) is 0 Å². The molecule has 1 aromatic carbocycles. The van der Waals surface area contributed by atoms with Gasteiger partial charge >= 0.3 is 0 Å². The maximum absolute atomic E-state index is 4.43. The van der Waals surface area contributed by atoms with Crippen molar-refractivity contribution in [3.63, 3.8) is 0 Å². The molecule has 2 nitrogen and oxygen atoms in total. The Balaban J connectivity index is 2.84. The van der Waals surface area contributed by atoms with Gasteiger partial charge in [-0.3, -0.25) is 0 Å². The van der Waals surface area contributed by atoms with Crippen molar-refractivity contribution in [2.24, 2.45) is 0 Å². The average molecular weight is 265 g/mol. The predicted molar refractivity (Wildman–Crippen MR) is 68.5 cm³/mol. The molecule has 0 aliphatic carbocycles. The van der Waals surface area contributed by atoms with E-state index in [1.165, 1.54) is 16.3 Å². The minimum atomic E-state index is 1.01. The molecule has 0 bridgehead atoms. The fraction of sp³-hybridized carbons (Fsp3) is 0.250. The smallest absolute Gasteiger partial charge is 0.135 e. The summed E-state index contributed by atoms with van der Waals surface area (Å²) in [5, 5.41) is 2.40. The number of aromatic nitrogens is 1. The van der Waals surface area contributed by atoms with Crippen molar-refractivity contribution in [3.8, 4) is 0 Å². The van der Waals surface area contributed by atoms with Crippen LogP contribution in [0.3, 0.4) is 0 Å².